The predicted octanol–water partition coefficient (Wildman–Crippen LogP) is 1.54. The Morgan fingerprint density at radius 2 is 1.65 bits per heavy atom. The smallest absolute Gasteiger partial charge is 0.254 e. The molecule has 2 aromatic carbocycles. The lowest BCUT2D eigenvalue weighted by molar-refractivity contribution is -0.135. The molecule has 0 heterocycles. The van der Waals surface area contributed by atoms with E-state index in [9.17, 15) is 13.8 Å². The van der Waals surface area contributed by atoms with Crippen molar-refractivity contribution in [1.82, 2.24) is 5.32 Å². The van der Waals surface area contributed by atoms with E-state index in [1.807, 2.05) is 12.1 Å². The minimum Gasteiger partial charge on any atom is -0.368 e. The van der Waals surface area contributed by atoms with Gasteiger partial charge in [0.05, 0.1) is 10.8 Å². The highest BCUT2D eigenvalue weighted by molar-refractivity contribution is 7.85. The van der Waals surface area contributed by atoms with E-state index in [0.717, 1.165) is 0 Å². The highest BCUT2D eigenvalue weighted by Crippen LogP contribution is 2.17. The van der Waals surface area contributed by atoms with E-state index < -0.39 is 34.8 Å². The number of ether oxygens (including phenoxy) is 1. The highest BCUT2D eigenvalue weighted by atomic mass is 32.2. The maximum absolute atomic E-state index is 12.5. The number of amides is 2. The summed E-state index contributed by atoms with van der Waals surface area (Å²) >= 11 is 0. The van der Waals surface area contributed by atoms with Gasteiger partial charge in [-0.1, -0.05) is 48.5 Å². The van der Waals surface area contributed by atoms with Gasteiger partial charge in [0.1, 0.15) is 6.04 Å². The summed E-state index contributed by atoms with van der Waals surface area (Å²) in [5, 5.41) is 2.60. The Balaban J connectivity index is 2.00. The van der Waals surface area contributed by atoms with Gasteiger partial charge in [-0.3, -0.25) is 13.8 Å². The highest BCUT2D eigenvalue weighted by Gasteiger charge is 2.25. The van der Waals surface area contributed by atoms with E-state index in [4.69, 9.17) is 10.5 Å². The molecule has 0 unspecified atom stereocenters. The van der Waals surface area contributed by atoms with E-state index >= 15 is 0 Å². The molecule has 0 fully saturated rings. The van der Waals surface area contributed by atoms with Crippen LogP contribution in [0.2, 0.25) is 0 Å². The standard InChI is InChI=1S/C19H22N2O4S/c1-25-17(14-8-4-2-5-9-14)19(23)21-16(18(20)22)12-13-26(24)15-10-6-3-7-11-15/h2-11,16-17H,12-13H2,1H3,(H2,20,22)(H,21,23)/t16-,17-,26+/m0/s1. The van der Waals surface area contributed by atoms with Crippen LogP contribution >= 0.6 is 0 Å². The van der Waals surface area contributed by atoms with E-state index in [1.165, 1.54) is 7.11 Å². The van der Waals surface area contributed by atoms with Gasteiger partial charge in [-0.15, -0.1) is 0 Å². The Hall–Kier alpha value is -2.51. The van der Waals surface area contributed by atoms with Crippen LogP contribution in [0.3, 0.4) is 0 Å². The third-order valence-electron chi connectivity index (χ3n) is 3.83. The molecule has 3 N–H and O–H groups in total. The van der Waals surface area contributed by atoms with Crippen molar-refractivity contribution in [3.05, 3.63) is 66.2 Å². The molecule has 0 spiro atoms. The first-order valence-corrected chi connectivity index (χ1v) is 9.45. The SMILES string of the molecule is CO[C@H](C(=O)N[C@@H](CC[S@@](=O)c1ccccc1)C(N)=O)c1ccccc1. The van der Waals surface area contributed by atoms with Gasteiger partial charge in [0.2, 0.25) is 5.91 Å². The van der Waals surface area contributed by atoms with Crippen LogP contribution in [0.15, 0.2) is 65.6 Å². The summed E-state index contributed by atoms with van der Waals surface area (Å²) in [6, 6.07) is 17.0. The number of nitrogens with two attached hydrogens (primary N) is 1. The molecule has 26 heavy (non-hydrogen) atoms. The first-order chi connectivity index (χ1) is 12.5. The molecular formula is C19H22N2O4S. The number of benzene rings is 2. The molecule has 0 aliphatic carbocycles. The minimum absolute atomic E-state index is 0.174. The van der Waals surface area contributed by atoms with E-state index in [2.05, 4.69) is 5.32 Å². The summed E-state index contributed by atoms with van der Waals surface area (Å²) in [5.74, 6) is -0.930. The van der Waals surface area contributed by atoms with Gasteiger partial charge in [-0.25, -0.2) is 0 Å². The number of carbonyl (C=O) groups excluding carboxylic acids is 2. The fraction of sp³-hybridized carbons (Fsp3) is 0.263. The van der Waals surface area contributed by atoms with E-state index in [1.54, 1.807) is 48.5 Å². The molecule has 2 aromatic rings. The molecule has 0 aliphatic rings. The summed E-state index contributed by atoms with van der Waals surface area (Å²) in [6.45, 7) is 0. The second-order valence-corrected chi connectivity index (χ2v) is 7.21. The molecule has 0 radical (unpaired) electrons. The van der Waals surface area contributed by atoms with Crippen LogP contribution in [0, 0.1) is 0 Å². The van der Waals surface area contributed by atoms with E-state index in [-0.39, 0.29) is 12.2 Å². The van der Waals surface area contributed by atoms with Crippen molar-refractivity contribution in [2.45, 2.75) is 23.5 Å². The number of nitrogens with one attached hydrogen (secondary N) is 1. The molecule has 0 aromatic heterocycles. The van der Waals surface area contributed by atoms with Crippen LogP contribution in [-0.2, 0) is 25.1 Å². The van der Waals surface area contributed by atoms with Crippen LogP contribution in [0.5, 0.6) is 0 Å². The zero-order valence-electron chi connectivity index (χ0n) is 14.5. The van der Waals surface area contributed by atoms with Crippen LogP contribution in [0.1, 0.15) is 18.1 Å². The topological polar surface area (TPSA) is 98.5 Å². The maximum Gasteiger partial charge on any atom is 0.254 e. The van der Waals surface area contributed by atoms with Gasteiger partial charge in [-0.2, -0.15) is 0 Å². The number of hydrogen-bond acceptors (Lipinski definition) is 4. The lowest BCUT2D eigenvalue weighted by atomic mass is 10.1. The lowest BCUT2D eigenvalue weighted by Gasteiger charge is -2.20. The zero-order valence-corrected chi connectivity index (χ0v) is 15.3. The van der Waals surface area contributed by atoms with Crippen LogP contribution in [0.4, 0.5) is 0 Å². The zero-order chi connectivity index (χ0) is 18.9. The van der Waals surface area contributed by atoms with Gasteiger partial charge < -0.3 is 15.8 Å². The summed E-state index contributed by atoms with van der Waals surface area (Å²) in [5.41, 5.74) is 6.07. The second kappa shape index (κ2) is 9.84. The summed E-state index contributed by atoms with van der Waals surface area (Å²) < 4.78 is 17.5. The molecule has 2 rings (SSSR count). The van der Waals surface area contributed by atoms with Crippen molar-refractivity contribution in [3.63, 3.8) is 0 Å². The van der Waals surface area contributed by atoms with Crippen molar-refractivity contribution in [2.75, 3.05) is 12.9 Å². The van der Waals surface area contributed by atoms with Crippen molar-refractivity contribution in [2.24, 2.45) is 5.73 Å². The largest absolute Gasteiger partial charge is 0.368 e. The van der Waals surface area contributed by atoms with Gasteiger partial charge in [0, 0.05) is 17.8 Å². The van der Waals surface area contributed by atoms with Gasteiger partial charge in [0.15, 0.2) is 6.10 Å². The third kappa shape index (κ3) is 5.50. The number of rotatable bonds is 9. The first kappa shape index (κ1) is 19.8. The fourth-order valence-electron chi connectivity index (χ4n) is 2.47. The van der Waals surface area contributed by atoms with Crippen LogP contribution in [0.25, 0.3) is 0 Å². The van der Waals surface area contributed by atoms with Crippen molar-refractivity contribution < 1.29 is 18.5 Å². The molecule has 7 heteroatoms. The number of carbonyl (C=O) groups is 2. The van der Waals surface area contributed by atoms with Gasteiger partial charge >= 0.3 is 0 Å². The number of primary amides is 1. The van der Waals surface area contributed by atoms with Crippen LogP contribution < -0.4 is 11.1 Å². The third-order valence-corrected chi connectivity index (χ3v) is 5.24. The predicted molar refractivity (Wildman–Crippen MR) is 99.7 cm³/mol. The maximum atomic E-state index is 12.5. The Morgan fingerprint density at radius 3 is 2.19 bits per heavy atom. The van der Waals surface area contributed by atoms with Crippen molar-refractivity contribution in [3.8, 4) is 0 Å². The average molecular weight is 374 g/mol. The summed E-state index contributed by atoms with van der Waals surface area (Å²) in [4.78, 5) is 24.9. The molecule has 0 aliphatic heterocycles. The van der Waals surface area contributed by atoms with Crippen LogP contribution in [-0.4, -0.2) is 34.9 Å². The molecule has 0 bridgehead atoms. The molecule has 2 amide bonds. The Morgan fingerprint density at radius 1 is 1.08 bits per heavy atom. The monoisotopic (exact) mass is 374 g/mol. The molecule has 3 atom stereocenters. The average Bonchev–Trinajstić information content (AvgIpc) is 2.66. The molecule has 0 saturated heterocycles. The normalized spacial score (nSPS) is 14.2. The van der Waals surface area contributed by atoms with Gasteiger partial charge in [-0.05, 0) is 24.1 Å². The Bertz CT molecular complexity index is 753. The lowest BCUT2D eigenvalue weighted by Crippen LogP contribution is -2.47. The van der Waals surface area contributed by atoms with Crippen molar-refractivity contribution >= 4 is 22.6 Å². The fourth-order valence-corrected chi connectivity index (χ4v) is 3.62. The molecule has 6 nitrogen and oxygen atoms in total. The molecule has 0 saturated carbocycles. The number of hydrogen-bond donors (Lipinski definition) is 2. The quantitative estimate of drug-likeness (QED) is 0.695. The van der Waals surface area contributed by atoms with Gasteiger partial charge in [0.25, 0.3) is 5.91 Å². The summed E-state index contributed by atoms with van der Waals surface area (Å²) in [6.07, 6.45) is -0.675. The summed E-state index contributed by atoms with van der Waals surface area (Å²) in [7, 11) is 0.143. The van der Waals surface area contributed by atoms with Crippen molar-refractivity contribution in [1.29, 1.82) is 0 Å². The van der Waals surface area contributed by atoms with E-state index in [0.29, 0.717) is 10.5 Å². The molecular weight excluding hydrogens is 352 g/mol. The Kier molecular flexibility index (Phi) is 7.50. The number of methoxy groups -OCH3 is 1. The minimum atomic E-state index is -1.27. The second-order valence-electron chi connectivity index (χ2n) is 5.64. The first-order valence-electron chi connectivity index (χ1n) is 8.13. The molecule has 138 valence electrons. The Labute approximate surface area is 155 Å².